The molecule has 0 radical (unpaired) electrons. The van der Waals surface area contributed by atoms with Gasteiger partial charge in [0.15, 0.2) is 57.5 Å². The fraction of sp³-hybridized carbons (Fsp3) is 0.429. The van der Waals surface area contributed by atoms with E-state index >= 15 is 0 Å². The van der Waals surface area contributed by atoms with Gasteiger partial charge in [-0.25, -0.2) is 0 Å². The number of hydrogen-bond acceptors (Lipinski definition) is 20. The second-order valence-electron chi connectivity index (χ2n) is 28.9. The van der Waals surface area contributed by atoms with Gasteiger partial charge in [0, 0.05) is 8.22 Å². The monoisotopic (exact) mass is 1750 g/mol. The number of methoxy groups -OCH3 is 10. The minimum absolute atomic E-state index is 0.00381. The molecule has 0 aliphatic rings. The Balaban J connectivity index is 0.000000288. The third-order valence-corrected chi connectivity index (χ3v) is 18.7. The van der Waals surface area contributed by atoms with Gasteiger partial charge in [-0.1, -0.05) is 123 Å². The summed E-state index contributed by atoms with van der Waals surface area (Å²) in [6.45, 7) is 8.76. The number of aliphatic hydroxyl groups is 5. The van der Waals surface area contributed by atoms with Gasteiger partial charge in [-0.15, -0.1) is 0 Å². The molecule has 0 bridgehead atoms. The van der Waals surface area contributed by atoms with E-state index in [-0.39, 0.29) is 149 Å². The molecule has 0 fully saturated rings. The van der Waals surface area contributed by atoms with Crippen LogP contribution in [0.3, 0.4) is 0 Å². The molecule has 5 atom stereocenters. The van der Waals surface area contributed by atoms with Crippen molar-refractivity contribution in [1.82, 2.24) is 0 Å². The Labute approximate surface area is 781 Å². The summed E-state index contributed by atoms with van der Waals surface area (Å²) in [6, 6.07) is 59.8. The molecule has 5 unspecified atom stereocenters. The van der Waals surface area contributed by atoms with Crippen molar-refractivity contribution >= 4 is 0 Å². The molecule has 0 saturated heterocycles. The van der Waals surface area contributed by atoms with Gasteiger partial charge in [0.05, 0.1) is 129 Å². The maximum atomic E-state index is 10.3. The second-order valence-corrected chi connectivity index (χ2v) is 28.9. The van der Waals surface area contributed by atoms with E-state index in [1.807, 2.05) is 120 Å². The van der Waals surface area contributed by atoms with Crippen molar-refractivity contribution < 1.29 is 132 Å². The minimum Gasteiger partial charge on any atom is -0.493 e. The zero-order valence-electron chi connectivity index (χ0n) is 99.1. The molecule has 5 N–H and O–H groups in total. The van der Waals surface area contributed by atoms with E-state index in [0.29, 0.717) is 95.6 Å². The Bertz CT molecular complexity index is 5800. The maximum Gasteiger partial charge on any atom is 0.160 e. The topological polar surface area (TPSA) is 240 Å². The normalized spacial score (nSPS) is 17.0. The van der Waals surface area contributed by atoms with Crippen LogP contribution in [0.1, 0.15) is 188 Å². The Morgan fingerprint density at radius 2 is 0.440 bits per heavy atom. The lowest BCUT2D eigenvalue weighted by Gasteiger charge is -2.13. The Morgan fingerprint density at radius 1 is 0.240 bits per heavy atom. The lowest BCUT2D eigenvalue weighted by Crippen LogP contribution is -2.17. The van der Waals surface area contributed by atoms with E-state index in [9.17, 15) is 25.5 Å². The molecular weight excluding hydrogens is 1580 g/mol. The molecule has 0 spiro atoms. The Morgan fingerprint density at radius 3 is 0.664 bits per heavy atom. The van der Waals surface area contributed by atoms with Crippen LogP contribution in [0.15, 0.2) is 212 Å². The van der Waals surface area contributed by atoms with Crippen LogP contribution in [0.25, 0.3) is 0 Å². The van der Waals surface area contributed by atoms with E-state index in [1.165, 1.54) is 84.1 Å². The summed E-state index contributed by atoms with van der Waals surface area (Å²) in [7, 11) is -6.18. The third kappa shape index (κ3) is 41.1. The summed E-state index contributed by atoms with van der Waals surface area (Å²) in [6.07, 6.45) is -8.74. The van der Waals surface area contributed by atoms with Crippen LogP contribution in [0.4, 0.5) is 0 Å². The third-order valence-electron chi connectivity index (χ3n) is 18.7. The smallest absolute Gasteiger partial charge is 0.160 e. The molecular formula is C105H140O20. The van der Waals surface area contributed by atoms with Crippen molar-refractivity contribution in [1.29, 1.82) is 0 Å². The highest BCUT2D eigenvalue weighted by atomic mass is 16.5. The summed E-state index contributed by atoms with van der Waals surface area (Å²) in [5.41, 5.74) is 7.77. The fourth-order valence-electron chi connectivity index (χ4n) is 12.1. The van der Waals surface area contributed by atoms with Crippen LogP contribution in [-0.4, -0.2) is 160 Å². The zero-order chi connectivity index (χ0) is 113. The molecule has 125 heavy (non-hydrogen) atoms. The van der Waals surface area contributed by atoms with Crippen molar-refractivity contribution in [3.8, 4) is 86.2 Å². The average Bonchev–Trinajstić information content (AvgIpc) is 0.783. The molecule has 20 nitrogen and oxygen atoms in total. The van der Waals surface area contributed by atoms with Crippen LogP contribution in [-0.2, 0) is 32.0 Å². The number of ether oxygens (including phenoxy) is 15. The Kier molecular flexibility index (Phi) is 33.1. The summed E-state index contributed by atoms with van der Waals surface area (Å²) < 4.78 is 276. The van der Waals surface area contributed by atoms with Crippen LogP contribution in [0.5, 0.6) is 86.2 Å². The molecule has 0 aliphatic heterocycles. The highest BCUT2D eigenvalue weighted by Crippen LogP contribution is 2.34. The van der Waals surface area contributed by atoms with Crippen LogP contribution in [0, 0.1) is 34.6 Å². The van der Waals surface area contributed by atoms with Gasteiger partial charge in [-0.3, -0.25) is 0 Å². The molecule has 0 aromatic heterocycles. The molecule has 0 saturated carbocycles. The quantitative estimate of drug-likeness (QED) is 0.0223. The van der Waals surface area contributed by atoms with E-state index in [1.54, 1.807) is 78.9 Å². The van der Waals surface area contributed by atoms with Crippen LogP contribution < -0.4 is 71.1 Å². The van der Waals surface area contributed by atoms with Gasteiger partial charge in [0.1, 0.15) is 61.8 Å². The number of benzene rings is 10. The summed E-state index contributed by atoms with van der Waals surface area (Å²) in [5.74, 6) is 4.35. The van der Waals surface area contributed by atoms with Gasteiger partial charge in [-0.05, 0) is 308 Å². The molecule has 0 aliphatic carbocycles. The molecule has 10 rings (SSSR count). The van der Waals surface area contributed by atoms with Crippen molar-refractivity contribution in [2.24, 2.45) is 0 Å². The van der Waals surface area contributed by atoms with Crippen molar-refractivity contribution in [3.05, 3.63) is 268 Å². The molecule has 10 aromatic carbocycles. The molecule has 680 valence electrons. The number of unbranched alkanes of at least 4 members (excludes halogenated alkanes) is 2. The maximum absolute atomic E-state index is 10.3. The van der Waals surface area contributed by atoms with Crippen LogP contribution in [0.2, 0.25) is 0 Å². The van der Waals surface area contributed by atoms with Crippen molar-refractivity contribution in [3.63, 3.8) is 0 Å². The average molecular weight is 1750 g/mol. The zero-order valence-corrected chi connectivity index (χ0v) is 73.1. The molecule has 0 amide bonds. The molecule has 10 aromatic rings. The second kappa shape index (κ2) is 59.8. The first-order valence-electron chi connectivity index (χ1n) is 54.0. The molecule has 20 heteroatoms. The highest BCUT2D eigenvalue weighted by Gasteiger charge is 2.15. The molecule has 0 heterocycles. The van der Waals surface area contributed by atoms with Gasteiger partial charge in [0.25, 0.3) is 0 Å². The minimum atomic E-state index is -2.76. The summed E-state index contributed by atoms with van der Waals surface area (Å²) >= 11 is 0. The first-order chi connectivity index (χ1) is 70.1. The van der Waals surface area contributed by atoms with E-state index < -0.39 is 84.7 Å². The Hall–Kier alpha value is -11.0. The first-order valence-corrected chi connectivity index (χ1v) is 41.0. The standard InChI is InChI=1S/5C21H28O4/c5*1-16-7-6-10-19(13-16)25-15-18(22)9-5-4-8-17-11-12-20(23-2)21(14-17)24-3/h5*6-7,10-14,18,22H,4-5,8-9,15H2,1-3H3/i3D3,8D2,18D;2D3,8D2,18D;2D3,3D3,18D;8D2,18D;2D3,18D. The van der Waals surface area contributed by atoms with Gasteiger partial charge >= 0.3 is 0 Å². The van der Waals surface area contributed by atoms with Crippen molar-refractivity contribution in [2.75, 3.05) is 104 Å². The predicted molar refractivity (Wildman–Crippen MR) is 499 cm³/mol. The van der Waals surface area contributed by atoms with Gasteiger partial charge in [0.2, 0.25) is 0 Å². The first kappa shape index (κ1) is 69.2. The lowest BCUT2D eigenvalue weighted by atomic mass is 10.0. The number of rotatable bonds is 50. The van der Waals surface area contributed by atoms with Crippen molar-refractivity contribution in [2.45, 2.75) is 193 Å². The van der Waals surface area contributed by atoms with Crippen LogP contribution >= 0.6 is 0 Å². The SMILES string of the molecule is [2H]C(O)(CCCC([2H])([2H])c1ccc(OC([2H])([2H])[2H])c(OC)c1)COc1cccc(C)c1.[2H]C(O)(CCCC([2H])([2H])c1ccc(OC)c(OC([2H])([2H])[2H])c1)COc1cccc(C)c1.[2H]C(O)(CCCC([2H])([2H])c1ccc(OC)c(OC)c1)COc1cccc(C)c1.[2H]C(O)(CCCCc1ccc(OC([2H])([2H])[2H])c(OC([2H])([2H])[2H])c1)COc1cccc(C)c1.[2H]C(O)(CCCCc1ccc(OC([2H])([2H])[2H])c(OC)c1)COc1cccc(C)c1. The number of hydrogen-bond donors (Lipinski definition) is 5. The van der Waals surface area contributed by atoms with E-state index in [4.69, 9.17) is 107 Å². The van der Waals surface area contributed by atoms with Gasteiger partial charge < -0.3 is 96.6 Å². The summed E-state index contributed by atoms with van der Waals surface area (Å²) in [4.78, 5) is 0. The fourth-order valence-corrected chi connectivity index (χ4v) is 12.1. The van der Waals surface area contributed by atoms with Gasteiger partial charge in [-0.2, -0.15) is 0 Å². The summed E-state index contributed by atoms with van der Waals surface area (Å²) in [5, 5.41) is 51.3. The van der Waals surface area contributed by atoms with E-state index in [0.717, 1.165) is 39.8 Å². The number of aryl methyl sites for hydroxylation is 10. The van der Waals surface area contributed by atoms with E-state index in [2.05, 4.69) is 0 Å². The highest BCUT2D eigenvalue weighted by molar-refractivity contribution is 5.47. The largest absolute Gasteiger partial charge is 0.493 e. The lowest BCUT2D eigenvalue weighted by molar-refractivity contribution is 0.0976. The predicted octanol–water partition coefficient (Wildman–Crippen LogP) is 20.8.